The Morgan fingerprint density at radius 2 is 1.89 bits per heavy atom. The summed E-state index contributed by atoms with van der Waals surface area (Å²) >= 11 is 0. The van der Waals surface area contributed by atoms with Crippen LogP contribution in [-0.2, 0) is 16.0 Å². The van der Waals surface area contributed by atoms with Crippen molar-refractivity contribution in [3.8, 4) is 0 Å². The van der Waals surface area contributed by atoms with Gasteiger partial charge < -0.3 is 24.1 Å². The fraction of sp³-hybridized carbons (Fsp3) is 0.833. The molecule has 1 saturated carbocycles. The van der Waals surface area contributed by atoms with E-state index in [-0.39, 0.29) is 0 Å². The minimum absolute atomic E-state index is 0.529. The summed E-state index contributed by atoms with van der Waals surface area (Å²) in [6.45, 7) is 3.28. The van der Waals surface area contributed by atoms with Crippen LogP contribution in [-0.4, -0.2) is 56.8 Å². The van der Waals surface area contributed by atoms with Crippen molar-refractivity contribution in [1.29, 1.82) is 0 Å². The molecule has 0 atom stereocenters. The van der Waals surface area contributed by atoms with E-state index in [0.717, 1.165) is 0 Å². The van der Waals surface area contributed by atoms with E-state index in [9.17, 15) is 0 Å². The summed E-state index contributed by atoms with van der Waals surface area (Å²) in [5.41, 5.74) is 0. The van der Waals surface area contributed by atoms with Crippen LogP contribution in [0.3, 0.4) is 0 Å². The van der Waals surface area contributed by atoms with Crippen molar-refractivity contribution in [2.75, 3.05) is 45.4 Å². The molecule has 0 amide bonds. The Kier molecular flexibility index (Phi) is 5.56. The lowest BCUT2D eigenvalue weighted by atomic mass is 10.5. The maximum absolute atomic E-state index is 5.65. The average Bonchev–Trinajstić information content (AvgIpc) is 3.14. The van der Waals surface area contributed by atoms with Gasteiger partial charge >= 0.3 is 6.01 Å². The molecule has 19 heavy (non-hydrogen) atoms. The summed E-state index contributed by atoms with van der Waals surface area (Å²) in [7, 11) is 3.35. The summed E-state index contributed by atoms with van der Waals surface area (Å²) in [6, 6.07) is 1.16. The topological polar surface area (TPSA) is 72.7 Å². The van der Waals surface area contributed by atoms with E-state index in [2.05, 4.69) is 15.5 Å². The van der Waals surface area contributed by atoms with Crippen LogP contribution in [0.5, 0.6) is 0 Å². The second-order valence-corrected chi connectivity index (χ2v) is 4.61. The van der Waals surface area contributed by atoms with E-state index in [1.165, 1.54) is 12.8 Å². The fourth-order valence-electron chi connectivity index (χ4n) is 1.67. The average molecular weight is 270 g/mol. The first-order chi connectivity index (χ1) is 9.33. The van der Waals surface area contributed by atoms with Gasteiger partial charge in [0.25, 0.3) is 0 Å². The molecule has 0 spiro atoms. The van der Waals surface area contributed by atoms with E-state index in [1.54, 1.807) is 14.2 Å². The van der Waals surface area contributed by atoms with Gasteiger partial charge in [0.05, 0.1) is 19.8 Å². The molecular weight excluding hydrogens is 248 g/mol. The van der Waals surface area contributed by atoms with Crippen LogP contribution in [0.2, 0.25) is 0 Å². The van der Waals surface area contributed by atoms with Gasteiger partial charge in [-0.05, 0) is 12.8 Å². The summed E-state index contributed by atoms with van der Waals surface area (Å²) in [6.07, 6.45) is 2.49. The van der Waals surface area contributed by atoms with Gasteiger partial charge in [-0.2, -0.15) is 0 Å². The third-order valence-corrected chi connectivity index (χ3v) is 2.98. The highest BCUT2D eigenvalue weighted by molar-refractivity contribution is 5.23. The highest BCUT2D eigenvalue weighted by Crippen LogP contribution is 2.19. The molecule has 0 bridgehead atoms. The second-order valence-electron chi connectivity index (χ2n) is 4.61. The molecule has 1 fully saturated rings. The first kappa shape index (κ1) is 14.2. The SMILES string of the molecule is COCCN(CCOC)c1nnc(CNC2CC2)o1. The van der Waals surface area contributed by atoms with Crippen LogP contribution in [0, 0.1) is 0 Å². The van der Waals surface area contributed by atoms with Crippen LogP contribution in [0.15, 0.2) is 4.42 Å². The van der Waals surface area contributed by atoms with Crippen LogP contribution >= 0.6 is 0 Å². The maximum atomic E-state index is 5.65. The third-order valence-electron chi connectivity index (χ3n) is 2.98. The monoisotopic (exact) mass is 270 g/mol. The smallest absolute Gasteiger partial charge is 0.318 e. The number of rotatable bonds is 10. The van der Waals surface area contributed by atoms with E-state index >= 15 is 0 Å². The molecule has 1 aliphatic rings. The summed E-state index contributed by atoms with van der Waals surface area (Å²) in [5, 5.41) is 11.5. The summed E-state index contributed by atoms with van der Waals surface area (Å²) < 4.78 is 15.8. The fourth-order valence-corrected chi connectivity index (χ4v) is 1.67. The number of hydrogen-bond donors (Lipinski definition) is 1. The lowest BCUT2D eigenvalue weighted by Crippen LogP contribution is -2.30. The molecule has 108 valence electrons. The molecule has 1 aromatic rings. The molecular formula is C12H22N4O3. The Morgan fingerprint density at radius 1 is 1.21 bits per heavy atom. The third kappa shape index (κ3) is 4.77. The minimum atomic E-state index is 0.529. The molecule has 1 heterocycles. The van der Waals surface area contributed by atoms with Gasteiger partial charge in [0.2, 0.25) is 5.89 Å². The Labute approximate surface area is 113 Å². The van der Waals surface area contributed by atoms with Crippen LogP contribution in [0.25, 0.3) is 0 Å². The van der Waals surface area contributed by atoms with Crippen molar-refractivity contribution >= 4 is 6.01 Å². The van der Waals surface area contributed by atoms with Gasteiger partial charge in [-0.25, -0.2) is 0 Å². The van der Waals surface area contributed by atoms with Crippen molar-refractivity contribution in [3.05, 3.63) is 5.89 Å². The number of nitrogens with zero attached hydrogens (tertiary/aromatic N) is 3. The maximum Gasteiger partial charge on any atom is 0.318 e. The molecule has 1 aliphatic carbocycles. The van der Waals surface area contributed by atoms with Gasteiger partial charge in [-0.15, -0.1) is 5.10 Å². The zero-order valence-corrected chi connectivity index (χ0v) is 11.6. The highest BCUT2D eigenvalue weighted by Gasteiger charge is 2.21. The van der Waals surface area contributed by atoms with Crippen LogP contribution in [0.4, 0.5) is 6.01 Å². The number of ether oxygens (including phenoxy) is 2. The van der Waals surface area contributed by atoms with Gasteiger partial charge in [0.15, 0.2) is 0 Å². The Hall–Kier alpha value is -1.18. The Balaban J connectivity index is 1.86. The quantitative estimate of drug-likeness (QED) is 0.660. The molecule has 1 N–H and O–H groups in total. The van der Waals surface area contributed by atoms with Gasteiger partial charge in [0.1, 0.15) is 0 Å². The van der Waals surface area contributed by atoms with E-state index in [4.69, 9.17) is 13.9 Å². The van der Waals surface area contributed by atoms with Gasteiger partial charge in [-0.1, -0.05) is 5.10 Å². The largest absolute Gasteiger partial charge is 0.407 e. The molecule has 1 aromatic heterocycles. The van der Waals surface area contributed by atoms with E-state index in [1.807, 2.05) is 4.90 Å². The molecule has 7 nitrogen and oxygen atoms in total. The zero-order chi connectivity index (χ0) is 13.5. The predicted octanol–water partition coefficient (Wildman–Crippen LogP) is 0.421. The molecule has 0 saturated heterocycles. The molecule has 0 aliphatic heterocycles. The van der Waals surface area contributed by atoms with Crippen molar-refractivity contribution < 1.29 is 13.9 Å². The number of methoxy groups -OCH3 is 2. The van der Waals surface area contributed by atoms with Crippen molar-refractivity contribution in [1.82, 2.24) is 15.5 Å². The molecule has 0 aromatic carbocycles. The number of nitrogens with one attached hydrogen (secondary N) is 1. The Bertz CT molecular complexity index is 360. The summed E-state index contributed by atoms with van der Waals surface area (Å²) in [5.74, 6) is 0.627. The predicted molar refractivity (Wildman–Crippen MR) is 70.1 cm³/mol. The normalized spacial score (nSPS) is 14.8. The van der Waals surface area contributed by atoms with E-state index in [0.29, 0.717) is 50.8 Å². The van der Waals surface area contributed by atoms with E-state index < -0.39 is 0 Å². The number of hydrogen-bond acceptors (Lipinski definition) is 7. The van der Waals surface area contributed by atoms with Gasteiger partial charge in [0, 0.05) is 33.4 Å². The Morgan fingerprint density at radius 3 is 2.47 bits per heavy atom. The first-order valence-electron chi connectivity index (χ1n) is 6.62. The standard InChI is InChI=1S/C12H22N4O3/c1-17-7-5-16(6-8-18-2)12-15-14-11(19-12)9-13-10-3-4-10/h10,13H,3-9H2,1-2H3. The van der Waals surface area contributed by atoms with Crippen molar-refractivity contribution in [2.24, 2.45) is 0 Å². The minimum Gasteiger partial charge on any atom is -0.407 e. The van der Waals surface area contributed by atoms with Crippen molar-refractivity contribution in [3.63, 3.8) is 0 Å². The molecule has 0 radical (unpaired) electrons. The first-order valence-corrected chi connectivity index (χ1v) is 6.62. The van der Waals surface area contributed by atoms with Crippen molar-refractivity contribution in [2.45, 2.75) is 25.4 Å². The number of anilines is 1. The highest BCUT2D eigenvalue weighted by atomic mass is 16.5. The lowest BCUT2D eigenvalue weighted by Gasteiger charge is -2.18. The zero-order valence-electron chi connectivity index (χ0n) is 11.6. The van der Waals surface area contributed by atoms with Gasteiger partial charge in [-0.3, -0.25) is 0 Å². The summed E-state index contributed by atoms with van der Waals surface area (Å²) in [4.78, 5) is 1.97. The lowest BCUT2D eigenvalue weighted by molar-refractivity contribution is 0.188. The number of aromatic nitrogens is 2. The molecule has 0 unspecified atom stereocenters. The van der Waals surface area contributed by atoms with Crippen LogP contribution in [0.1, 0.15) is 18.7 Å². The molecule has 2 rings (SSSR count). The second kappa shape index (κ2) is 7.42. The molecule has 7 heteroatoms. The van der Waals surface area contributed by atoms with Crippen LogP contribution < -0.4 is 10.2 Å².